The summed E-state index contributed by atoms with van der Waals surface area (Å²) in [7, 11) is 0. The quantitative estimate of drug-likeness (QED) is 0.353. The van der Waals surface area contributed by atoms with Gasteiger partial charge in [0.1, 0.15) is 25.0 Å². The molecular weight excluding hydrogens is 456 g/mol. The Kier molecular flexibility index (Phi) is 8.81. The Morgan fingerprint density at radius 3 is 2.25 bits per heavy atom. The maximum atomic E-state index is 13.1. The van der Waals surface area contributed by atoms with E-state index in [9.17, 15) is 9.59 Å². The van der Waals surface area contributed by atoms with Crippen molar-refractivity contribution >= 4 is 11.8 Å². The van der Waals surface area contributed by atoms with E-state index in [4.69, 9.17) is 14.2 Å². The number of rotatable bonds is 13. The van der Waals surface area contributed by atoms with Crippen molar-refractivity contribution in [2.24, 2.45) is 0 Å². The van der Waals surface area contributed by atoms with Crippen LogP contribution >= 0.6 is 0 Å². The van der Waals surface area contributed by atoms with Crippen LogP contribution < -0.4 is 24.8 Å². The molecule has 1 unspecified atom stereocenters. The summed E-state index contributed by atoms with van der Waals surface area (Å²) in [6.07, 6.45) is 2.37. The zero-order valence-electron chi connectivity index (χ0n) is 20.4. The van der Waals surface area contributed by atoms with Crippen molar-refractivity contribution in [3.05, 3.63) is 90.0 Å². The predicted octanol–water partition coefficient (Wildman–Crippen LogP) is 4.16. The van der Waals surface area contributed by atoms with Gasteiger partial charge in [-0.2, -0.15) is 0 Å². The van der Waals surface area contributed by atoms with Crippen molar-refractivity contribution < 1.29 is 23.8 Å². The number of hydrogen-bond acceptors (Lipinski definition) is 5. The van der Waals surface area contributed by atoms with Crippen molar-refractivity contribution in [3.8, 4) is 17.2 Å². The van der Waals surface area contributed by atoms with E-state index in [0.717, 1.165) is 24.2 Å². The first-order valence-corrected chi connectivity index (χ1v) is 12.3. The van der Waals surface area contributed by atoms with Gasteiger partial charge in [-0.3, -0.25) is 9.59 Å². The third kappa shape index (κ3) is 7.50. The molecule has 1 atom stereocenters. The van der Waals surface area contributed by atoms with Crippen molar-refractivity contribution in [1.82, 2.24) is 10.6 Å². The van der Waals surface area contributed by atoms with E-state index in [0.29, 0.717) is 43.3 Å². The van der Waals surface area contributed by atoms with Crippen molar-refractivity contribution in [2.45, 2.75) is 38.3 Å². The summed E-state index contributed by atoms with van der Waals surface area (Å²) in [5.74, 6) is 1.25. The van der Waals surface area contributed by atoms with E-state index < -0.39 is 6.04 Å². The molecule has 3 aromatic rings. The van der Waals surface area contributed by atoms with Gasteiger partial charge in [0.2, 0.25) is 5.91 Å². The van der Waals surface area contributed by atoms with E-state index in [1.54, 1.807) is 18.2 Å². The average Bonchev–Trinajstić information content (AvgIpc) is 3.72. The summed E-state index contributed by atoms with van der Waals surface area (Å²) in [6, 6.07) is 23.7. The van der Waals surface area contributed by atoms with Crippen LogP contribution in [0.25, 0.3) is 0 Å². The Hall–Kier alpha value is -4.00. The maximum Gasteiger partial charge on any atom is 0.252 e. The highest BCUT2D eigenvalue weighted by atomic mass is 16.5. The fourth-order valence-electron chi connectivity index (χ4n) is 3.69. The van der Waals surface area contributed by atoms with Gasteiger partial charge >= 0.3 is 0 Å². The van der Waals surface area contributed by atoms with Gasteiger partial charge in [0, 0.05) is 18.0 Å². The molecule has 0 saturated heterocycles. The Bertz CT molecular complexity index is 1130. The minimum Gasteiger partial charge on any atom is -0.490 e. The van der Waals surface area contributed by atoms with Crippen molar-refractivity contribution in [1.29, 1.82) is 0 Å². The van der Waals surface area contributed by atoms with Crippen LogP contribution in [-0.2, 0) is 11.2 Å². The molecular formula is C29H32N2O5. The highest BCUT2D eigenvalue weighted by Crippen LogP contribution is 2.29. The van der Waals surface area contributed by atoms with Crippen LogP contribution in [0.4, 0.5) is 0 Å². The molecule has 7 heteroatoms. The first-order chi connectivity index (χ1) is 17.6. The first kappa shape index (κ1) is 25.1. The molecule has 3 aromatic carbocycles. The Morgan fingerprint density at radius 2 is 1.56 bits per heavy atom. The predicted molar refractivity (Wildman–Crippen MR) is 138 cm³/mol. The minimum absolute atomic E-state index is 0.168. The second kappa shape index (κ2) is 12.6. The molecule has 1 saturated carbocycles. The monoisotopic (exact) mass is 488 g/mol. The molecule has 2 N–H and O–H groups in total. The molecule has 188 valence electrons. The zero-order valence-corrected chi connectivity index (χ0v) is 20.4. The molecule has 36 heavy (non-hydrogen) atoms. The highest BCUT2D eigenvalue weighted by Gasteiger charge is 2.29. The normalized spacial score (nSPS) is 13.4. The molecule has 0 aliphatic heterocycles. The van der Waals surface area contributed by atoms with Gasteiger partial charge < -0.3 is 24.8 Å². The molecule has 0 spiro atoms. The number of nitrogens with one attached hydrogen (secondary N) is 2. The van der Waals surface area contributed by atoms with Crippen LogP contribution in [0, 0.1) is 0 Å². The number of carbonyl (C=O) groups is 2. The number of para-hydroxylation sites is 1. The van der Waals surface area contributed by atoms with E-state index >= 15 is 0 Å². The van der Waals surface area contributed by atoms with Crippen LogP contribution in [0.3, 0.4) is 0 Å². The second-order valence-corrected chi connectivity index (χ2v) is 8.60. The number of ether oxygens (including phenoxy) is 3. The molecule has 1 aliphatic rings. The minimum atomic E-state index is -0.679. The van der Waals surface area contributed by atoms with E-state index in [-0.39, 0.29) is 17.9 Å². The van der Waals surface area contributed by atoms with Gasteiger partial charge in [-0.15, -0.1) is 0 Å². The largest absolute Gasteiger partial charge is 0.490 e. The number of benzene rings is 3. The number of carbonyl (C=O) groups excluding carboxylic acids is 2. The lowest BCUT2D eigenvalue weighted by Gasteiger charge is -2.19. The summed E-state index contributed by atoms with van der Waals surface area (Å²) in [4.78, 5) is 26.0. The molecule has 4 rings (SSSR count). The number of amides is 2. The van der Waals surface area contributed by atoms with E-state index in [1.807, 2.05) is 67.6 Å². The molecule has 7 nitrogen and oxygen atoms in total. The van der Waals surface area contributed by atoms with Crippen molar-refractivity contribution in [2.75, 3.05) is 19.8 Å². The summed E-state index contributed by atoms with van der Waals surface area (Å²) in [5.41, 5.74) is 1.37. The summed E-state index contributed by atoms with van der Waals surface area (Å²) < 4.78 is 17.2. The summed E-state index contributed by atoms with van der Waals surface area (Å²) in [6.45, 7) is 2.98. The molecule has 1 aliphatic carbocycles. The first-order valence-electron chi connectivity index (χ1n) is 12.3. The third-order valence-electron chi connectivity index (χ3n) is 5.69. The average molecular weight is 489 g/mol. The van der Waals surface area contributed by atoms with Crippen LogP contribution in [0.1, 0.15) is 35.7 Å². The highest BCUT2D eigenvalue weighted by molar-refractivity contribution is 5.98. The van der Waals surface area contributed by atoms with Gasteiger partial charge in [0.05, 0.1) is 6.61 Å². The van der Waals surface area contributed by atoms with Crippen LogP contribution in [0.5, 0.6) is 17.2 Å². The molecule has 0 heterocycles. The molecule has 1 fully saturated rings. The van der Waals surface area contributed by atoms with E-state index in [2.05, 4.69) is 10.6 Å². The fourth-order valence-corrected chi connectivity index (χ4v) is 3.69. The topological polar surface area (TPSA) is 85.9 Å². The summed E-state index contributed by atoms with van der Waals surface area (Å²) in [5, 5.41) is 5.91. The zero-order chi connectivity index (χ0) is 25.2. The number of hydrogen-bond donors (Lipinski definition) is 2. The van der Waals surface area contributed by atoms with E-state index in [1.165, 1.54) is 0 Å². The van der Waals surface area contributed by atoms with Gasteiger partial charge in [-0.25, -0.2) is 0 Å². The standard InChI is InChI=1S/C29H32N2O5/c1-2-34-27-20-22(13-16-26(27)36-18-17-35-24-11-7-4-8-12-24)28(32)31-25(29(33)30-23-14-15-23)19-21-9-5-3-6-10-21/h3-13,16,20,23,25H,2,14-15,17-19H2,1H3,(H,30,33)(H,31,32). The van der Waals surface area contributed by atoms with Crippen molar-refractivity contribution in [3.63, 3.8) is 0 Å². The molecule has 0 radical (unpaired) electrons. The van der Waals surface area contributed by atoms with Crippen LogP contribution in [0.15, 0.2) is 78.9 Å². The second-order valence-electron chi connectivity index (χ2n) is 8.60. The molecule has 0 aromatic heterocycles. The lowest BCUT2D eigenvalue weighted by atomic mass is 10.0. The van der Waals surface area contributed by atoms with Gasteiger partial charge in [0.15, 0.2) is 11.5 Å². The van der Waals surface area contributed by atoms with Gasteiger partial charge in [0.25, 0.3) is 5.91 Å². The van der Waals surface area contributed by atoms with Gasteiger partial charge in [-0.05, 0) is 55.7 Å². The SMILES string of the molecule is CCOc1cc(C(=O)NC(Cc2ccccc2)C(=O)NC2CC2)ccc1OCCOc1ccccc1. The third-order valence-corrected chi connectivity index (χ3v) is 5.69. The lowest BCUT2D eigenvalue weighted by molar-refractivity contribution is -0.123. The molecule has 0 bridgehead atoms. The van der Waals surface area contributed by atoms with Crippen LogP contribution in [-0.4, -0.2) is 43.7 Å². The lowest BCUT2D eigenvalue weighted by Crippen LogP contribution is -2.48. The Morgan fingerprint density at radius 1 is 0.861 bits per heavy atom. The Labute approximate surface area is 211 Å². The molecule has 2 amide bonds. The smallest absolute Gasteiger partial charge is 0.252 e. The maximum absolute atomic E-state index is 13.1. The Balaban J connectivity index is 1.40. The fraction of sp³-hybridized carbons (Fsp3) is 0.310. The van der Waals surface area contributed by atoms with Gasteiger partial charge in [-0.1, -0.05) is 48.5 Å². The van der Waals surface area contributed by atoms with Crippen LogP contribution in [0.2, 0.25) is 0 Å². The summed E-state index contributed by atoms with van der Waals surface area (Å²) >= 11 is 0.